The maximum absolute atomic E-state index is 12.4. The number of anilines is 1. The average molecular weight is 397 g/mol. The van der Waals surface area contributed by atoms with Crippen molar-refractivity contribution in [3.05, 3.63) is 36.2 Å². The number of carbonyl (C=O) groups is 1. The lowest BCUT2D eigenvalue weighted by atomic mass is 9.95. The number of benzene rings is 1. The molecule has 8 heteroatoms. The van der Waals surface area contributed by atoms with Crippen LogP contribution in [0.15, 0.2) is 34.9 Å². The lowest BCUT2D eigenvalue weighted by molar-refractivity contribution is -0.122. The maximum atomic E-state index is 12.4. The summed E-state index contributed by atoms with van der Waals surface area (Å²) in [5.74, 6) is 1.14. The molecule has 3 aromatic rings. The third-order valence-electron chi connectivity index (χ3n) is 5.42. The Labute approximate surface area is 169 Å². The van der Waals surface area contributed by atoms with E-state index in [1.54, 1.807) is 13.3 Å². The monoisotopic (exact) mass is 397 g/mol. The molecule has 2 aromatic heterocycles. The van der Waals surface area contributed by atoms with Crippen LogP contribution in [0.2, 0.25) is 0 Å². The summed E-state index contributed by atoms with van der Waals surface area (Å²) in [6, 6.07) is 8.19. The first-order valence-electron chi connectivity index (χ1n) is 10.1. The van der Waals surface area contributed by atoms with E-state index in [9.17, 15) is 4.79 Å². The molecule has 1 atom stereocenters. The highest BCUT2D eigenvalue weighted by molar-refractivity contribution is 5.77. The molecule has 3 heterocycles. The fourth-order valence-electron chi connectivity index (χ4n) is 3.83. The van der Waals surface area contributed by atoms with Gasteiger partial charge in [0.2, 0.25) is 5.91 Å². The number of oxazole rings is 1. The molecule has 4 rings (SSSR count). The minimum absolute atomic E-state index is 0.0870. The Morgan fingerprint density at radius 3 is 3.07 bits per heavy atom. The van der Waals surface area contributed by atoms with Crippen molar-refractivity contribution in [3.8, 4) is 5.75 Å². The highest BCUT2D eigenvalue weighted by Gasteiger charge is 2.25. The molecule has 1 fully saturated rings. The molecular weight excluding hydrogens is 370 g/mol. The van der Waals surface area contributed by atoms with Gasteiger partial charge in [-0.1, -0.05) is 0 Å². The fourth-order valence-corrected chi connectivity index (χ4v) is 3.83. The van der Waals surface area contributed by atoms with Gasteiger partial charge in [0.15, 0.2) is 5.58 Å². The van der Waals surface area contributed by atoms with Crippen LogP contribution < -0.4 is 15.0 Å². The topological polar surface area (TPSA) is 85.4 Å². The van der Waals surface area contributed by atoms with Gasteiger partial charge in [0.25, 0.3) is 6.01 Å². The number of ether oxygens (including phenoxy) is 1. The van der Waals surface area contributed by atoms with E-state index in [1.807, 2.05) is 35.9 Å². The summed E-state index contributed by atoms with van der Waals surface area (Å²) < 4.78 is 13.1. The normalized spacial score (nSPS) is 16.9. The minimum Gasteiger partial charge on any atom is -0.497 e. The molecule has 8 nitrogen and oxygen atoms in total. The zero-order chi connectivity index (χ0) is 20.2. The van der Waals surface area contributed by atoms with E-state index in [1.165, 1.54) is 0 Å². The van der Waals surface area contributed by atoms with E-state index in [0.29, 0.717) is 31.4 Å². The Morgan fingerprint density at radius 1 is 1.38 bits per heavy atom. The van der Waals surface area contributed by atoms with Crippen molar-refractivity contribution < 1.29 is 13.9 Å². The van der Waals surface area contributed by atoms with Crippen molar-refractivity contribution in [2.45, 2.75) is 32.7 Å². The summed E-state index contributed by atoms with van der Waals surface area (Å²) in [6.07, 6.45) is 4.35. The van der Waals surface area contributed by atoms with Gasteiger partial charge >= 0.3 is 0 Å². The number of hydrogen-bond donors (Lipinski definition) is 1. The van der Waals surface area contributed by atoms with Crippen LogP contribution in [0.3, 0.4) is 0 Å². The van der Waals surface area contributed by atoms with Gasteiger partial charge < -0.3 is 19.4 Å². The van der Waals surface area contributed by atoms with Gasteiger partial charge in [-0.2, -0.15) is 10.1 Å². The second-order valence-corrected chi connectivity index (χ2v) is 7.53. The Hall–Kier alpha value is -3.03. The molecule has 1 amide bonds. The van der Waals surface area contributed by atoms with E-state index in [2.05, 4.69) is 20.3 Å². The smallest absolute Gasteiger partial charge is 0.298 e. The van der Waals surface area contributed by atoms with Gasteiger partial charge in [0.1, 0.15) is 11.3 Å². The number of methoxy groups -OCH3 is 1. The molecule has 1 unspecified atom stereocenters. The second kappa shape index (κ2) is 8.55. The number of hydrogen-bond acceptors (Lipinski definition) is 6. The molecule has 0 saturated carbocycles. The summed E-state index contributed by atoms with van der Waals surface area (Å²) in [5, 5.41) is 7.25. The third kappa shape index (κ3) is 4.52. The summed E-state index contributed by atoms with van der Waals surface area (Å²) in [6.45, 7) is 4.95. The lowest BCUT2D eigenvalue weighted by Gasteiger charge is -2.31. The number of amides is 1. The molecule has 29 heavy (non-hydrogen) atoms. The van der Waals surface area contributed by atoms with Crippen LogP contribution in [-0.4, -0.2) is 47.4 Å². The number of fused-ring (bicyclic) bond motifs is 1. The highest BCUT2D eigenvalue weighted by atomic mass is 16.5. The van der Waals surface area contributed by atoms with Crippen molar-refractivity contribution in [2.75, 3.05) is 31.6 Å². The van der Waals surface area contributed by atoms with Crippen LogP contribution in [0.25, 0.3) is 11.1 Å². The molecule has 1 aliphatic heterocycles. The zero-order valence-corrected chi connectivity index (χ0v) is 16.9. The molecule has 0 radical (unpaired) electrons. The molecule has 1 saturated heterocycles. The number of nitrogens with zero attached hydrogens (tertiary/aromatic N) is 4. The van der Waals surface area contributed by atoms with Crippen molar-refractivity contribution in [1.29, 1.82) is 0 Å². The van der Waals surface area contributed by atoms with Crippen LogP contribution in [-0.2, 0) is 11.3 Å². The first-order valence-corrected chi connectivity index (χ1v) is 10.1. The van der Waals surface area contributed by atoms with E-state index < -0.39 is 0 Å². The van der Waals surface area contributed by atoms with Crippen molar-refractivity contribution >= 4 is 23.0 Å². The summed E-state index contributed by atoms with van der Waals surface area (Å²) in [7, 11) is 1.64. The highest BCUT2D eigenvalue weighted by Crippen LogP contribution is 2.29. The van der Waals surface area contributed by atoms with Crippen LogP contribution in [0, 0.1) is 12.8 Å². The van der Waals surface area contributed by atoms with Crippen LogP contribution in [0.1, 0.15) is 25.0 Å². The number of nitrogens with one attached hydrogen (secondary N) is 1. The first kappa shape index (κ1) is 19.3. The Kier molecular flexibility index (Phi) is 5.69. The Balaban J connectivity index is 1.31. The average Bonchev–Trinajstić information content (AvgIpc) is 3.33. The summed E-state index contributed by atoms with van der Waals surface area (Å²) in [5.41, 5.74) is 2.63. The molecular formula is C21H27N5O3. The van der Waals surface area contributed by atoms with Gasteiger partial charge in [-0.25, -0.2) is 0 Å². The van der Waals surface area contributed by atoms with E-state index >= 15 is 0 Å². The largest absolute Gasteiger partial charge is 0.497 e. The zero-order valence-electron chi connectivity index (χ0n) is 16.9. The Bertz CT molecular complexity index is 980. The van der Waals surface area contributed by atoms with Gasteiger partial charge in [0.05, 0.1) is 13.7 Å². The number of carbonyl (C=O) groups excluding carboxylic acids is 1. The van der Waals surface area contributed by atoms with Gasteiger partial charge in [-0.05, 0) is 43.9 Å². The number of aryl methyl sites for hydroxylation is 1. The standard InChI is InChI=1S/C21H27N5O3/c1-15-7-8-23-26(15)11-9-22-20(27)12-16-4-3-10-25(14-16)21-24-18-13-17(28-2)5-6-19(18)29-21/h5-8,13,16H,3-4,9-12,14H2,1-2H3,(H,22,27). The van der Waals surface area contributed by atoms with Crippen LogP contribution in [0.5, 0.6) is 5.75 Å². The number of aromatic nitrogens is 3. The van der Waals surface area contributed by atoms with Crippen LogP contribution >= 0.6 is 0 Å². The van der Waals surface area contributed by atoms with Crippen LogP contribution in [0.4, 0.5) is 6.01 Å². The number of rotatable bonds is 7. The van der Waals surface area contributed by atoms with Crippen molar-refractivity contribution in [3.63, 3.8) is 0 Å². The third-order valence-corrected chi connectivity index (χ3v) is 5.42. The Morgan fingerprint density at radius 2 is 2.28 bits per heavy atom. The first-order chi connectivity index (χ1) is 14.1. The minimum atomic E-state index is 0.0870. The second-order valence-electron chi connectivity index (χ2n) is 7.53. The van der Waals surface area contributed by atoms with Gasteiger partial charge in [-0.3, -0.25) is 9.48 Å². The van der Waals surface area contributed by atoms with E-state index in [4.69, 9.17) is 9.15 Å². The quantitative estimate of drug-likeness (QED) is 0.660. The van der Waals surface area contributed by atoms with E-state index in [0.717, 1.165) is 48.5 Å². The van der Waals surface area contributed by atoms with E-state index in [-0.39, 0.29) is 5.91 Å². The number of piperidine rings is 1. The predicted octanol–water partition coefficient (Wildman–Crippen LogP) is 2.76. The molecule has 1 aromatic carbocycles. The molecule has 1 aliphatic rings. The molecule has 1 N–H and O–H groups in total. The van der Waals surface area contributed by atoms with Crippen molar-refractivity contribution in [1.82, 2.24) is 20.1 Å². The maximum Gasteiger partial charge on any atom is 0.298 e. The van der Waals surface area contributed by atoms with Gasteiger partial charge in [-0.15, -0.1) is 0 Å². The molecule has 0 bridgehead atoms. The van der Waals surface area contributed by atoms with Gasteiger partial charge in [0, 0.05) is 44.0 Å². The fraction of sp³-hybridized carbons (Fsp3) is 0.476. The summed E-state index contributed by atoms with van der Waals surface area (Å²) in [4.78, 5) is 19.1. The predicted molar refractivity (Wildman–Crippen MR) is 110 cm³/mol. The summed E-state index contributed by atoms with van der Waals surface area (Å²) >= 11 is 0. The lowest BCUT2D eigenvalue weighted by Crippen LogP contribution is -2.38. The van der Waals surface area contributed by atoms with Crippen molar-refractivity contribution in [2.24, 2.45) is 5.92 Å². The molecule has 0 spiro atoms. The SMILES string of the molecule is COc1ccc2oc(N3CCCC(CC(=O)NCCn4nccc4C)C3)nc2c1. The molecule has 154 valence electrons. The molecule has 0 aliphatic carbocycles.